The van der Waals surface area contributed by atoms with Gasteiger partial charge in [0.25, 0.3) is 0 Å². The van der Waals surface area contributed by atoms with Crippen molar-refractivity contribution < 1.29 is 0 Å². The molecule has 2 atom stereocenters. The zero-order valence-corrected chi connectivity index (χ0v) is 17.1. The maximum Gasteiger partial charge on any atom is 0.0211 e. The third-order valence-corrected chi connectivity index (χ3v) is 7.88. The van der Waals surface area contributed by atoms with E-state index in [1.807, 2.05) is 0 Å². The van der Waals surface area contributed by atoms with Crippen LogP contribution in [0.3, 0.4) is 0 Å². The zero-order valence-electron chi connectivity index (χ0n) is 16.2. The molecule has 0 heterocycles. The highest BCUT2D eigenvalue weighted by molar-refractivity contribution is 7.76. The molecule has 0 spiro atoms. The van der Waals surface area contributed by atoms with Gasteiger partial charge < -0.3 is 5.73 Å². The van der Waals surface area contributed by atoms with Crippen LogP contribution in [-0.2, 0) is 0 Å². The maximum atomic E-state index is 6.75. The fourth-order valence-corrected chi connectivity index (χ4v) is 6.41. The van der Waals surface area contributed by atoms with E-state index in [9.17, 15) is 0 Å². The number of rotatable bonds is 7. The van der Waals surface area contributed by atoms with E-state index in [4.69, 9.17) is 5.73 Å². The molecule has 10 radical (unpaired) electrons. The standard InChI is InChI=1S/C26H26NP/c1-20(21-11-8-9-12-21)19-25(27)24-17-10-18-26(24)28(22-13-4-2-5-14-22)23-15-6-3-7-16-23/h2-18,20,25H,19,27H2,1H3/t20-,25-/m1/s1. The molecule has 0 unspecified atom stereocenters. The van der Waals surface area contributed by atoms with Crippen LogP contribution in [0, 0.1) is 68.4 Å². The Morgan fingerprint density at radius 1 is 0.750 bits per heavy atom. The quantitative estimate of drug-likeness (QED) is 0.694. The highest BCUT2D eigenvalue weighted by atomic mass is 31.1. The SMILES string of the molecule is C[C@H](C[C@@H](N)[C]1[CH][CH][CH][C]1P(c1ccccc1)c1ccccc1)[C]1[CH][CH][CH][CH]1. The third-order valence-electron chi connectivity index (χ3n) is 5.36. The average Bonchev–Trinajstić information content (AvgIpc) is 3.42. The molecule has 2 heteroatoms. The first-order valence-electron chi connectivity index (χ1n) is 9.87. The minimum atomic E-state index is -0.612. The van der Waals surface area contributed by atoms with Gasteiger partial charge in [0.05, 0.1) is 0 Å². The summed E-state index contributed by atoms with van der Waals surface area (Å²) in [4.78, 5) is 0. The summed E-state index contributed by atoms with van der Waals surface area (Å²) in [6.07, 6.45) is 16.2. The number of benzene rings is 2. The van der Waals surface area contributed by atoms with Gasteiger partial charge in [-0.05, 0) is 81.7 Å². The molecule has 2 N–H and O–H groups in total. The number of hydrogen-bond donors (Lipinski definition) is 1. The van der Waals surface area contributed by atoms with Crippen molar-refractivity contribution in [1.29, 1.82) is 0 Å². The van der Waals surface area contributed by atoms with Gasteiger partial charge in [-0.3, -0.25) is 0 Å². The minimum absolute atomic E-state index is 0.0346. The maximum absolute atomic E-state index is 6.75. The van der Waals surface area contributed by atoms with Gasteiger partial charge in [0, 0.05) is 17.6 Å². The summed E-state index contributed by atoms with van der Waals surface area (Å²) in [7, 11) is -0.612. The topological polar surface area (TPSA) is 26.0 Å². The monoisotopic (exact) mass is 383 g/mol. The normalized spacial score (nSPS) is 21.4. The predicted molar refractivity (Wildman–Crippen MR) is 121 cm³/mol. The van der Waals surface area contributed by atoms with E-state index in [1.54, 1.807) is 0 Å². The Kier molecular flexibility index (Phi) is 6.86. The average molecular weight is 383 g/mol. The first kappa shape index (κ1) is 20.1. The van der Waals surface area contributed by atoms with E-state index in [-0.39, 0.29) is 6.04 Å². The van der Waals surface area contributed by atoms with Crippen LogP contribution in [0.2, 0.25) is 0 Å². The van der Waals surface area contributed by atoms with E-state index in [0.717, 1.165) is 6.42 Å². The molecule has 2 aliphatic rings. The smallest absolute Gasteiger partial charge is 0.0211 e. The van der Waals surface area contributed by atoms with Crippen LogP contribution in [0.15, 0.2) is 60.7 Å². The largest absolute Gasteiger partial charge is 0.327 e. The summed E-state index contributed by atoms with van der Waals surface area (Å²) in [5.74, 6) is 3.11. The highest BCUT2D eigenvalue weighted by Crippen LogP contribution is 2.57. The minimum Gasteiger partial charge on any atom is -0.327 e. The Labute approximate surface area is 172 Å². The molecule has 0 aliphatic heterocycles. The van der Waals surface area contributed by atoms with E-state index in [0.29, 0.717) is 5.92 Å². The number of hydrogen-bond acceptors (Lipinski definition) is 1. The van der Waals surface area contributed by atoms with Crippen LogP contribution in [-0.4, -0.2) is 6.04 Å². The Morgan fingerprint density at radius 2 is 1.32 bits per heavy atom. The molecule has 4 rings (SSSR count). The van der Waals surface area contributed by atoms with Crippen LogP contribution in [0.25, 0.3) is 0 Å². The molecule has 28 heavy (non-hydrogen) atoms. The van der Waals surface area contributed by atoms with Crippen LogP contribution in [0.4, 0.5) is 0 Å². The van der Waals surface area contributed by atoms with Crippen molar-refractivity contribution in [2.45, 2.75) is 19.4 Å². The Morgan fingerprint density at radius 3 is 1.89 bits per heavy atom. The molecule has 0 bridgehead atoms. The van der Waals surface area contributed by atoms with Crippen molar-refractivity contribution in [2.24, 2.45) is 11.7 Å². The van der Waals surface area contributed by atoms with Gasteiger partial charge >= 0.3 is 0 Å². The van der Waals surface area contributed by atoms with Gasteiger partial charge in [-0.2, -0.15) is 0 Å². The van der Waals surface area contributed by atoms with Gasteiger partial charge in [0.2, 0.25) is 0 Å². The molecule has 2 saturated carbocycles. The molecule has 0 amide bonds. The lowest BCUT2D eigenvalue weighted by molar-refractivity contribution is 0.509. The fourth-order valence-electron chi connectivity index (χ4n) is 3.88. The van der Waals surface area contributed by atoms with E-state index < -0.39 is 7.92 Å². The predicted octanol–water partition coefficient (Wildman–Crippen LogP) is 4.61. The summed E-state index contributed by atoms with van der Waals surface area (Å²) in [5.41, 5.74) is 8.14. The summed E-state index contributed by atoms with van der Waals surface area (Å²) >= 11 is 0. The van der Waals surface area contributed by atoms with Gasteiger partial charge in [-0.15, -0.1) is 0 Å². The zero-order chi connectivity index (χ0) is 19.3. The molecule has 1 nitrogen and oxygen atoms in total. The molecule has 2 aromatic carbocycles. The molecule has 2 aliphatic carbocycles. The molecule has 2 aromatic rings. The molecule has 0 saturated heterocycles. The lowest BCUT2D eigenvalue weighted by Crippen LogP contribution is -2.34. The van der Waals surface area contributed by atoms with Crippen molar-refractivity contribution in [3.05, 3.63) is 123 Å². The van der Waals surface area contributed by atoms with Gasteiger partial charge in [0.15, 0.2) is 0 Å². The fraction of sp³-hybridized carbons (Fsp3) is 0.154. The van der Waals surface area contributed by atoms with E-state index >= 15 is 0 Å². The lowest BCUT2D eigenvalue weighted by atomic mass is 9.83. The first-order chi connectivity index (χ1) is 13.7. The Hall–Kier alpha value is -1.17. The third kappa shape index (κ3) is 4.52. The molecule has 140 valence electrons. The second-order valence-corrected chi connectivity index (χ2v) is 9.52. The van der Waals surface area contributed by atoms with E-state index in [2.05, 4.69) is 113 Å². The van der Waals surface area contributed by atoms with E-state index in [1.165, 1.54) is 28.1 Å². The van der Waals surface area contributed by atoms with Crippen LogP contribution < -0.4 is 16.3 Å². The number of nitrogens with two attached hydrogens (primary N) is 1. The van der Waals surface area contributed by atoms with Crippen molar-refractivity contribution >= 4 is 18.5 Å². The summed E-state index contributed by atoms with van der Waals surface area (Å²) in [6.45, 7) is 2.27. The van der Waals surface area contributed by atoms with Crippen molar-refractivity contribution in [3.63, 3.8) is 0 Å². The van der Waals surface area contributed by atoms with Crippen molar-refractivity contribution in [3.8, 4) is 0 Å². The van der Waals surface area contributed by atoms with Crippen molar-refractivity contribution in [2.75, 3.05) is 0 Å². The lowest BCUT2D eigenvalue weighted by Gasteiger charge is -2.33. The molecule has 0 aromatic heterocycles. The molecule has 2 fully saturated rings. The van der Waals surface area contributed by atoms with Crippen LogP contribution in [0.5, 0.6) is 0 Å². The van der Waals surface area contributed by atoms with Gasteiger partial charge in [0.1, 0.15) is 0 Å². The second-order valence-electron chi connectivity index (χ2n) is 7.33. The highest BCUT2D eigenvalue weighted by Gasteiger charge is 2.40. The van der Waals surface area contributed by atoms with Crippen LogP contribution >= 0.6 is 7.92 Å². The summed E-state index contributed by atoms with van der Waals surface area (Å²) in [6, 6.07) is 21.7. The van der Waals surface area contributed by atoms with Gasteiger partial charge in [-0.25, -0.2) is 0 Å². The summed E-state index contributed by atoms with van der Waals surface area (Å²) in [5, 5.41) is 2.74. The molecular formula is C26H26NP. The Bertz CT molecular complexity index is 670. The van der Waals surface area contributed by atoms with Gasteiger partial charge in [-0.1, -0.05) is 67.6 Å². The second kappa shape index (κ2) is 9.55. The van der Waals surface area contributed by atoms with Crippen molar-refractivity contribution in [1.82, 2.24) is 0 Å². The first-order valence-corrected chi connectivity index (χ1v) is 11.2. The van der Waals surface area contributed by atoms with Crippen LogP contribution in [0.1, 0.15) is 13.3 Å². The summed E-state index contributed by atoms with van der Waals surface area (Å²) < 4.78 is 0. The Balaban J connectivity index is 1.55. The molecular weight excluding hydrogens is 357 g/mol.